The van der Waals surface area contributed by atoms with E-state index in [-0.39, 0.29) is 42.3 Å². The van der Waals surface area contributed by atoms with Crippen LogP contribution in [0.15, 0.2) is 65.1 Å². The summed E-state index contributed by atoms with van der Waals surface area (Å²) in [5, 5.41) is 20.9. The zero-order valence-electron chi connectivity index (χ0n) is 23.0. The van der Waals surface area contributed by atoms with E-state index in [4.69, 9.17) is 4.74 Å². The Balaban J connectivity index is 1.36. The second-order valence-electron chi connectivity index (χ2n) is 9.85. The molecular weight excluding hydrogens is 538 g/mol. The number of hydrogen-bond donors (Lipinski definition) is 3. The number of fused-ring (bicyclic) bond motifs is 1. The van der Waals surface area contributed by atoms with Crippen LogP contribution in [-0.2, 0) is 20.7 Å². The van der Waals surface area contributed by atoms with Gasteiger partial charge in [0.15, 0.2) is 0 Å². The zero-order chi connectivity index (χ0) is 29.8. The fourth-order valence-electron chi connectivity index (χ4n) is 5.28. The fraction of sp³-hybridized carbons (Fsp3) is 0.258. The maximum absolute atomic E-state index is 13.4. The molecule has 0 bridgehead atoms. The third-order valence-electron chi connectivity index (χ3n) is 7.38. The van der Waals surface area contributed by atoms with Gasteiger partial charge in [0.05, 0.1) is 47.1 Å². The first kappa shape index (κ1) is 28.2. The van der Waals surface area contributed by atoms with Crippen LogP contribution in [-0.4, -0.2) is 61.9 Å². The molecule has 1 saturated heterocycles. The summed E-state index contributed by atoms with van der Waals surface area (Å²) in [7, 11) is 0. The monoisotopic (exact) mass is 567 g/mol. The minimum Gasteiger partial charge on any atom is -0.493 e. The number of nitriles is 1. The van der Waals surface area contributed by atoms with Gasteiger partial charge in [-0.3, -0.25) is 14.4 Å². The number of carbonyl (C=O) groups excluding carboxylic acids is 3. The Kier molecular flexibility index (Phi) is 8.06. The Hall–Kier alpha value is -5.37. The number of ether oxygens (including phenoxy) is 1. The molecule has 0 atom stereocenters. The number of rotatable bonds is 8. The van der Waals surface area contributed by atoms with Crippen molar-refractivity contribution in [3.63, 3.8) is 0 Å². The number of nitrogens with zero attached hydrogens (tertiary/aromatic N) is 3. The van der Waals surface area contributed by atoms with E-state index in [0.29, 0.717) is 42.4 Å². The van der Waals surface area contributed by atoms with Crippen LogP contribution in [0.2, 0.25) is 0 Å². The number of allylic oxidation sites excluding steroid dienone is 1. The van der Waals surface area contributed by atoms with Crippen LogP contribution in [0.5, 0.6) is 5.88 Å². The maximum Gasteiger partial charge on any atom is 0.333 e. The third kappa shape index (κ3) is 5.34. The van der Waals surface area contributed by atoms with Crippen molar-refractivity contribution in [1.29, 1.82) is 5.26 Å². The summed E-state index contributed by atoms with van der Waals surface area (Å²) < 4.78 is 5.96. The van der Waals surface area contributed by atoms with Crippen LogP contribution in [0.4, 0.5) is 0 Å². The van der Waals surface area contributed by atoms with E-state index < -0.39 is 23.3 Å². The molecule has 1 fully saturated rings. The number of Topliss-reactive ketones (excluding diaryl/α,β-unsaturated/α-hetero) is 1. The number of H-pyrrole nitrogens is 2. The normalized spacial score (nSPS) is 13.1. The average Bonchev–Trinajstić information content (AvgIpc) is 3.57. The highest BCUT2D eigenvalue weighted by Crippen LogP contribution is 2.30. The standard InChI is InChI=1S/C31H29N5O6/c1-2-42-26(37)12-11-24-29(39)36(31(41)34-24)25-10-6-9-21-23(18-33-27(21)25)28(38)30(40)35-15-13-20(14-16-35)22(17-32)19-7-4-3-5-8-19/h3-10,18,33,39H,2,11-16H2,1H3,(H,34,41). The molecule has 2 aromatic carbocycles. The molecule has 4 aromatic rings. The van der Waals surface area contributed by atoms with Crippen LogP contribution < -0.4 is 5.69 Å². The Morgan fingerprint density at radius 2 is 1.81 bits per heavy atom. The van der Waals surface area contributed by atoms with Gasteiger partial charge in [-0.1, -0.05) is 42.5 Å². The molecule has 0 aliphatic carbocycles. The van der Waals surface area contributed by atoms with Gasteiger partial charge < -0.3 is 24.7 Å². The minimum atomic E-state index is -0.699. The van der Waals surface area contributed by atoms with Crippen molar-refractivity contribution in [1.82, 2.24) is 19.4 Å². The van der Waals surface area contributed by atoms with E-state index in [2.05, 4.69) is 16.0 Å². The molecular formula is C31H29N5O6. The van der Waals surface area contributed by atoms with Crippen molar-refractivity contribution in [2.75, 3.05) is 19.7 Å². The van der Waals surface area contributed by atoms with Gasteiger partial charge in [0.25, 0.3) is 11.7 Å². The number of ketones is 1. The second-order valence-corrected chi connectivity index (χ2v) is 9.85. The highest BCUT2D eigenvalue weighted by atomic mass is 16.5. The van der Waals surface area contributed by atoms with Gasteiger partial charge in [-0.25, -0.2) is 9.36 Å². The lowest BCUT2D eigenvalue weighted by Gasteiger charge is -2.28. The first-order valence-corrected chi connectivity index (χ1v) is 13.6. The Morgan fingerprint density at radius 3 is 2.50 bits per heavy atom. The number of likely N-dealkylation sites (tertiary alicyclic amines) is 1. The smallest absolute Gasteiger partial charge is 0.333 e. The van der Waals surface area contributed by atoms with Crippen LogP contribution in [0, 0.1) is 11.3 Å². The van der Waals surface area contributed by atoms with Crippen LogP contribution in [0.25, 0.3) is 22.2 Å². The van der Waals surface area contributed by atoms with Gasteiger partial charge in [0, 0.05) is 31.1 Å². The SMILES string of the molecule is CCOC(=O)CCc1[nH]c(=O)n(-c2cccc3c(C(=O)C(=O)N4CCC(=C(C#N)c5ccccc5)CC4)c[nH]c23)c1O. The van der Waals surface area contributed by atoms with Crippen molar-refractivity contribution in [3.8, 4) is 17.6 Å². The van der Waals surface area contributed by atoms with E-state index >= 15 is 0 Å². The number of aromatic amines is 2. The number of hydrogen-bond acceptors (Lipinski definition) is 7. The molecule has 5 rings (SSSR count). The van der Waals surface area contributed by atoms with E-state index in [1.807, 2.05) is 30.3 Å². The van der Waals surface area contributed by atoms with Gasteiger partial charge in [0.2, 0.25) is 5.88 Å². The highest BCUT2D eigenvalue weighted by molar-refractivity contribution is 6.45. The molecule has 42 heavy (non-hydrogen) atoms. The molecule has 11 nitrogen and oxygen atoms in total. The molecule has 11 heteroatoms. The molecule has 0 radical (unpaired) electrons. The first-order valence-electron chi connectivity index (χ1n) is 13.6. The van der Waals surface area contributed by atoms with Crippen molar-refractivity contribution < 1.29 is 24.2 Å². The van der Waals surface area contributed by atoms with Crippen molar-refractivity contribution in [3.05, 3.63) is 87.6 Å². The summed E-state index contributed by atoms with van der Waals surface area (Å²) in [6, 6.07) is 16.5. The Labute approximate surface area is 240 Å². The number of para-hydroxylation sites is 1. The third-order valence-corrected chi connectivity index (χ3v) is 7.38. The Bertz CT molecular complexity index is 1790. The van der Waals surface area contributed by atoms with E-state index in [0.717, 1.165) is 15.7 Å². The molecule has 0 unspecified atom stereocenters. The van der Waals surface area contributed by atoms with Gasteiger partial charge in [-0.15, -0.1) is 0 Å². The molecule has 0 spiro atoms. The number of aromatic hydroxyl groups is 1. The number of esters is 1. The topological polar surface area (TPSA) is 161 Å². The summed E-state index contributed by atoms with van der Waals surface area (Å²) in [6.45, 7) is 2.54. The molecule has 1 aliphatic rings. The highest BCUT2D eigenvalue weighted by Gasteiger charge is 2.29. The summed E-state index contributed by atoms with van der Waals surface area (Å²) in [4.78, 5) is 58.2. The predicted molar refractivity (Wildman–Crippen MR) is 154 cm³/mol. The molecule has 3 heterocycles. The number of amides is 1. The minimum absolute atomic E-state index is 0.0211. The molecule has 214 valence electrons. The summed E-state index contributed by atoms with van der Waals surface area (Å²) in [5.41, 5.74) is 2.74. The van der Waals surface area contributed by atoms with Gasteiger partial charge in [0.1, 0.15) is 0 Å². The van der Waals surface area contributed by atoms with Crippen molar-refractivity contribution in [2.45, 2.75) is 32.6 Å². The molecule has 0 saturated carbocycles. The van der Waals surface area contributed by atoms with Gasteiger partial charge in [-0.2, -0.15) is 5.26 Å². The largest absolute Gasteiger partial charge is 0.493 e. The number of nitrogens with one attached hydrogen (secondary N) is 2. The van der Waals surface area contributed by atoms with Crippen molar-refractivity contribution in [2.24, 2.45) is 0 Å². The van der Waals surface area contributed by atoms with E-state index in [1.54, 1.807) is 25.1 Å². The number of imidazole rings is 1. The first-order chi connectivity index (χ1) is 20.3. The second kappa shape index (κ2) is 12.0. The average molecular weight is 568 g/mol. The number of carbonyl (C=O) groups is 3. The summed E-state index contributed by atoms with van der Waals surface area (Å²) >= 11 is 0. The van der Waals surface area contributed by atoms with E-state index in [1.165, 1.54) is 11.1 Å². The van der Waals surface area contributed by atoms with Crippen molar-refractivity contribution >= 4 is 34.1 Å². The predicted octanol–water partition coefficient (Wildman–Crippen LogP) is 3.63. The lowest BCUT2D eigenvalue weighted by molar-refractivity contribution is -0.143. The lowest BCUT2D eigenvalue weighted by Crippen LogP contribution is -2.40. The van der Waals surface area contributed by atoms with Crippen LogP contribution >= 0.6 is 0 Å². The van der Waals surface area contributed by atoms with Crippen LogP contribution in [0.3, 0.4) is 0 Å². The molecule has 2 aromatic heterocycles. The molecule has 3 N–H and O–H groups in total. The number of aromatic nitrogens is 3. The summed E-state index contributed by atoms with van der Waals surface area (Å²) in [5.74, 6) is -2.16. The number of aryl methyl sites for hydroxylation is 1. The fourth-order valence-corrected chi connectivity index (χ4v) is 5.28. The lowest BCUT2D eigenvalue weighted by atomic mass is 9.93. The number of benzene rings is 2. The zero-order valence-corrected chi connectivity index (χ0v) is 23.0. The molecule has 1 aliphatic heterocycles. The van der Waals surface area contributed by atoms with Gasteiger partial charge in [-0.05, 0) is 37.0 Å². The quantitative estimate of drug-likeness (QED) is 0.127. The Morgan fingerprint density at radius 1 is 1.07 bits per heavy atom. The van der Waals surface area contributed by atoms with Crippen LogP contribution in [0.1, 0.15) is 47.8 Å². The maximum atomic E-state index is 13.4. The number of piperidine rings is 1. The molecule has 1 amide bonds. The van der Waals surface area contributed by atoms with E-state index in [9.17, 15) is 29.5 Å². The summed E-state index contributed by atoms with van der Waals surface area (Å²) in [6.07, 6.45) is 2.45. The van der Waals surface area contributed by atoms with Gasteiger partial charge >= 0.3 is 11.7 Å².